The fraction of sp³-hybridized carbons (Fsp3) is 0.722. The van der Waals surface area contributed by atoms with Crippen LogP contribution >= 0.6 is 11.3 Å². The molecule has 8 nitrogen and oxygen atoms in total. The van der Waals surface area contributed by atoms with Crippen LogP contribution in [-0.4, -0.2) is 66.4 Å². The number of amides is 2. The van der Waals surface area contributed by atoms with Crippen molar-refractivity contribution in [3.8, 4) is 0 Å². The molecule has 1 N–H and O–H groups in total. The van der Waals surface area contributed by atoms with E-state index in [9.17, 15) is 9.59 Å². The molecule has 0 bridgehead atoms. The third kappa shape index (κ3) is 5.63. The lowest BCUT2D eigenvalue weighted by Crippen LogP contribution is -2.49. The molecule has 3 rings (SSSR count). The van der Waals surface area contributed by atoms with Crippen LogP contribution in [0, 0.1) is 0 Å². The van der Waals surface area contributed by atoms with Crippen molar-refractivity contribution in [3.63, 3.8) is 0 Å². The van der Waals surface area contributed by atoms with Crippen molar-refractivity contribution in [1.82, 2.24) is 15.2 Å². The Balaban J connectivity index is 1.51. The quantitative estimate of drug-likeness (QED) is 0.839. The van der Waals surface area contributed by atoms with Crippen LogP contribution in [0.25, 0.3) is 0 Å². The van der Waals surface area contributed by atoms with Crippen molar-refractivity contribution in [3.05, 3.63) is 16.1 Å². The number of hydrogen-bond acceptors (Lipinski definition) is 7. The van der Waals surface area contributed by atoms with Crippen molar-refractivity contribution < 1.29 is 23.8 Å². The second-order valence-corrected chi connectivity index (χ2v) is 8.75. The highest BCUT2D eigenvalue weighted by molar-refractivity contribution is 7.13. The van der Waals surface area contributed by atoms with Gasteiger partial charge in [-0.25, -0.2) is 9.78 Å². The largest absolute Gasteiger partial charge is 0.444 e. The van der Waals surface area contributed by atoms with Crippen LogP contribution in [0.3, 0.4) is 0 Å². The number of nitrogens with zero attached hydrogens (tertiary/aromatic N) is 2. The monoisotopic (exact) mass is 397 g/mol. The van der Waals surface area contributed by atoms with Gasteiger partial charge in [-0.3, -0.25) is 4.79 Å². The summed E-state index contributed by atoms with van der Waals surface area (Å²) in [5, 5.41) is 3.57. The topological polar surface area (TPSA) is 90.0 Å². The molecule has 2 atom stereocenters. The van der Waals surface area contributed by atoms with Crippen LogP contribution in [0.2, 0.25) is 0 Å². The van der Waals surface area contributed by atoms with Crippen LogP contribution in [0.1, 0.15) is 54.4 Å². The molecular formula is C18H27N3O5S. The van der Waals surface area contributed by atoms with Crippen molar-refractivity contribution in [2.24, 2.45) is 0 Å². The Morgan fingerprint density at radius 1 is 1.37 bits per heavy atom. The maximum absolute atomic E-state index is 12.8. The molecule has 2 fully saturated rings. The van der Waals surface area contributed by atoms with Gasteiger partial charge in [0, 0.05) is 26.2 Å². The number of morpholine rings is 1. The maximum Gasteiger partial charge on any atom is 0.407 e. The summed E-state index contributed by atoms with van der Waals surface area (Å²) in [5.74, 6) is -0.0534. The average Bonchev–Trinajstić information content (AvgIpc) is 3.29. The van der Waals surface area contributed by atoms with Crippen LogP contribution in [-0.2, 0) is 14.2 Å². The zero-order valence-electron chi connectivity index (χ0n) is 16.0. The first-order chi connectivity index (χ1) is 12.8. The lowest BCUT2D eigenvalue weighted by Gasteiger charge is -2.32. The highest BCUT2D eigenvalue weighted by atomic mass is 32.1. The second kappa shape index (κ2) is 8.53. The summed E-state index contributed by atoms with van der Waals surface area (Å²) in [6, 6.07) is 0. The van der Waals surface area contributed by atoms with Gasteiger partial charge in [0.15, 0.2) is 0 Å². The van der Waals surface area contributed by atoms with Gasteiger partial charge in [0.05, 0.1) is 18.9 Å². The third-order valence-electron chi connectivity index (χ3n) is 4.24. The predicted octanol–water partition coefficient (Wildman–Crippen LogP) is 2.36. The Morgan fingerprint density at radius 2 is 2.19 bits per heavy atom. The Hall–Kier alpha value is -1.71. The van der Waals surface area contributed by atoms with Crippen LogP contribution in [0.15, 0.2) is 6.20 Å². The van der Waals surface area contributed by atoms with E-state index in [1.165, 1.54) is 11.3 Å². The van der Waals surface area contributed by atoms with Crippen LogP contribution < -0.4 is 5.32 Å². The van der Waals surface area contributed by atoms with E-state index in [1.807, 2.05) is 20.8 Å². The molecular weight excluding hydrogens is 370 g/mol. The number of rotatable bonds is 4. The Labute approximate surface area is 163 Å². The highest BCUT2D eigenvalue weighted by Gasteiger charge is 2.28. The summed E-state index contributed by atoms with van der Waals surface area (Å²) in [7, 11) is 0. The number of hydrogen-bond donors (Lipinski definition) is 1. The minimum Gasteiger partial charge on any atom is -0.444 e. The predicted molar refractivity (Wildman–Crippen MR) is 99.9 cm³/mol. The number of thiazole rings is 1. The molecule has 1 aromatic rings. The molecule has 0 aromatic carbocycles. The summed E-state index contributed by atoms with van der Waals surface area (Å²) in [6.45, 7) is 7.85. The summed E-state index contributed by atoms with van der Waals surface area (Å²) < 4.78 is 16.5. The molecule has 3 heterocycles. The van der Waals surface area contributed by atoms with E-state index in [2.05, 4.69) is 10.3 Å². The molecule has 2 aliphatic heterocycles. The Kier molecular flexibility index (Phi) is 6.33. The molecule has 0 spiro atoms. The fourth-order valence-electron chi connectivity index (χ4n) is 3.00. The molecule has 2 aliphatic rings. The normalized spacial score (nSPS) is 23.3. The summed E-state index contributed by atoms with van der Waals surface area (Å²) in [4.78, 5) is 31.3. The fourth-order valence-corrected chi connectivity index (χ4v) is 3.97. The van der Waals surface area contributed by atoms with E-state index in [0.717, 1.165) is 24.5 Å². The van der Waals surface area contributed by atoms with Gasteiger partial charge in [0.2, 0.25) is 0 Å². The zero-order chi connectivity index (χ0) is 19.4. The molecule has 0 unspecified atom stereocenters. The number of carbonyl (C=O) groups excluding carboxylic acids is 2. The second-order valence-electron chi connectivity index (χ2n) is 7.69. The van der Waals surface area contributed by atoms with Crippen molar-refractivity contribution in [1.29, 1.82) is 0 Å². The van der Waals surface area contributed by atoms with E-state index in [1.54, 1.807) is 11.1 Å². The first-order valence-corrected chi connectivity index (χ1v) is 10.1. The van der Waals surface area contributed by atoms with E-state index in [4.69, 9.17) is 14.2 Å². The van der Waals surface area contributed by atoms with Gasteiger partial charge in [0.25, 0.3) is 5.91 Å². The smallest absolute Gasteiger partial charge is 0.407 e. The van der Waals surface area contributed by atoms with E-state index in [-0.39, 0.29) is 18.1 Å². The molecule has 1 aromatic heterocycles. The lowest BCUT2D eigenvalue weighted by molar-refractivity contribution is -0.0217. The number of carbonyl (C=O) groups is 2. The van der Waals surface area contributed by atoms with E-state index >= 15 is 0 Å². The SMILES string of the molecule is CC(C)(C)OC(=O)NC[C@@H]1CN(C(=O)c2cnc([C@@H]3CCCO3)s2)CCO1. The van der Waals surface area contributed by atoms with Crippen LogP contribution in [0.5, 0.6) is 0 Å². The first kappa shape index (κ1) is 20.0. The minimum atomic E-state index is -0.549. The molecule has 150 valence electrons. The van der Waals surface area contributed by atoms with Crippen molar-refractivity contribution in [2.45, 2.75) is 51.4 Å². The zero-order valence-corrected chi connectivity index (χ0v) is 16.8. The van der Waals surface area contributed by atoms with Gasteiger partial charge in [-0.05, 0) is 33.6 Å². The summed E-state index contributed by atoms with van der Waals surface area (Å²) in [5.41, 5.74) is -0.549. The lowest BCUT2D eigenvalue weighted by atomic mass is 10.2. The van der Waals surface area contributed by atoms with Gasteiger partial charge >= 0.3 is 6.09 Å². The maximum atomic E-state index is 12.8. The summed E-state index contributed by atoms with van der Waals surface area (Å²) >= 11 is 1.40. The van der Waals surface area contributed by atoms with Gasteiger partial charge in [-0.1, -0.05) is 0 Å². The molecule has 0 radical (unpaired) electrons. The van der Waals surface area contributed by atoms with E-state index in [0.29, 0.717) is 31.1 Å². The molecule has 0 aliphatic carbocycles. The van der Waals surface area contributed by atoms with Gasteiger partial charge in [-0.2, -0.15) is 0 Å². The average molecular weight is 397 g/mol. The number of ether oxygens (including phenoxy) is 3. The number of nitrogens with one attached hydrogen (secondary N) is 1. The summed E-state index contributed by atoms with van der Waals surface area (Å²) in [6.07, 6.45) is 2.89. The molecule has 2 saturated heterocycles. The van der Waals surface area contributed by atoms with Gasteiger partial charge < -0.3 is 24.4 Å². The molecule has 27 heavy (non-hydrogen) atoms. The highest BCUT2D eigenvalue weighted by Crippen LogP contribution is 2.31. The molecule has 9 heteroatoms. The van der Waals surface area contributed by atoms with Gasteiger partial charge in [0.1, 0.15) is 21.6 Å². The van der Waals surface area contributed by atoms with E-state index < -0.39 is 11.7 Å². The van der Waals surface area contributed by atoms with Gasteiger partial charge in [-0.15, -0.1) is 11.3 Å². The molecule has 0 saturated carbocycles. The third-order valence-corrected chi connectivity index (χ3v) is 5.32. The number of alkyl carbamates (subject to hydrolysis) is 1. The van der Waals surface area contributed by atoms with Crippen LogP contribution in [0.4, 0.5) is 4.79 Å². The first-order valence-electron chi connectivity index (χ1n) is 9.27. The molecule has 2 amide bonds. The number of aromatic nitrogens is 1. The van der Waals surface area contributed by atoms with Crippen molar-refractivity contribution >= 4 is 23.3 Å². The minimum absolute atomic E-state index is 0.0204. The Bertz CT molecular complexity index is 666. The Morgan fingerprint density at radius 3 is 2.89 bits per heavy atom. The standard InChI is InChI=1S/C18H27N3O5S/c1-18(2,3)26-17(23)20-9-12-11-21(6-8-24-12)16(22)14-10-19-15(27-14)13-5-4-7-25-13/h10,12-13H,4-9,11H2,1-3H3,(H,20,23)/t12-,13+/m1/s1. The van der Waals surface area contributed by atoms with Crippen molar-refractivity contribution in [2.75, 3.05) is 32.8 Å².